The van der Waals surface area contributed by atoms with Crippen molar-refractivity contribution in [3.05, 3.63) is 89.9 Å². The minimum atomic E-state index is 0.486. The fourth-order valence-corrected chi connectivity index (χ4v) is 3.74. The van der Waals surface area contributed by atoms with Crippen molar-refractivity contribution < 1.29 is 4.74 Å². The summed E-state index contributed by atoms with van der Waals surface area (Å²) in [6.07, 6.45) is 2.71. The summed E-state index contributed by atoms with van der Waals surface area (Å²) in [5.74, 6) is 2.42. The number of pyridine rings is 1. The van der Waals surface area contributed by atoms with Crippen molar-refractivity contribution in [2.45, 2.75) is 33.0 Å². The number of benzene rings is 2. The third-order valence-electron chi connectivity index (χ3n) is 5.43. The average Bonchev–Trinajstić information content (AvgIpc) is 3.18. The number of aromatic nitrogens is 3. The number of ether oxygens (including phenoxy) is 1. The van der Waals surface area contributed by atoms with E-state index in [0.717, 1.165) is 47.9 Å². The first-order chi connectivity index (χ1) is 16.2. The second kappa shape index (κ2) is 11.1. The van der Waals surface area contributed by atoms with Crippen LogP contribution < -0.4 is 15.4 Å². The molecule has 0 spiro atoms. The number of nitrogens with one attached hydrogen (secondary N) is 2. The van der Waals surface area contributed by atoms with Crippen molar-refractivity contribution in [1.82, 2.24) is 25.2 Å². The van der Waals surface area contributed by atoms with Crippen LogP contribution in [-0.2, 0) is 19.7 Å². The number of imidazole rings is 1. The summed E-state index contributed by atoms with van der Waals surface area (Å²) in [7, 11) is 1.78. The van der Waals surface area contributed by atoms with Gasteiger partial charge in [0.05, 0.1) is 11.0 Å². The van der Waals surface area contributed by atoms with Crippen molar-refractivity contribution in [1.29, 1.82) is 0 Å². The van der Waals surface area contributed by atoms with Crippen LogP contribution in [0.1, 0.15) is 23.4 Å². The van der Waals surface area contributed by atoms with Crippen LogP contribution in [0.3, 0.4) is 0 Å². The summed E-state index contributed by atoms with van der Waals surface area (Å²) in [6, 6.07) is 22.3. The van der Waals surface area contributed by atoms with Gasteiger partial charge in [-0.3, -0.25) is 4.99 Å². The molecule has 0 atom stereocenters. The highest BCUT2D eigenvalue weighted by Crippen LogP contribution is 2.17. The van der Waals surface area contributed by atoms with Gasteiger partial charge in [0.1, 0.15) is 12.4 Å². The number of guanidine groups is 1. The smallest absolute Gasteiger partial charge is 0.218 e. The number of rotatable bonds is 9. The van der Waals surface area contributed by atoms with Gasteiger partial charge in [-0.25, -0.2) is 9.97 Å². The van der Waals surface area contributed by atoms with Crippen LogP contribution in [0, 0.1) is 6.92 Å². The van der Waals surface area contributed by atoms with Crippen LogP contribution in [0.4, 0.5) is 0 Å². The van der Waals surface area contributed by atoms with Gasteiger partial charge < -0.3 is 19.9 Å². The van der Waals surface area contributed by atoms with Crippen LogP contribution in [-0.4, -0.2) is 34.1 Å². The van der Waals surface area contributed by atoms with Gasteiger partial charge in [-0.2, -0.15) is 0 Å². The highest BCUT2D eigenvalue weighted by Gasteiger charge is 2.08. The van der Waals surface area contributed by atoms with Gasteiger partial charge in [-0.05, 0) is 37.1 Å². The molecule has 7 heteroatoms. The van der Waals surface area contributed by atoms with E-state index in [0.29, 0.717) is 19.0 Å². The Hall–Kier alpha value is -3.87. The second-order valence-corrected chi connectivity index (χ2v) is 7.75. The lowest BCUT2D eigenvalue weighted by Gasteiger charge is -2.14. The highest BCUT2D eigenvalue weighted by molar-refractivity contribution is 5.79. The largest absolute Gasteiger partial charge is 0.473 e. The van der Waals surface area contributed by atoms with Crippen molar-refractivity contribution >= 4 is 17.0 Å². The second-order valence-electron chi connectivity index (χ2n) is 7.75. The topological polar surface area (TPSA) is 76.4 Å². The van der Waals surface area contributed by atoms with E-state index < -0.39 is 0 Å². The monoisotopic (exact) mass is 442 g/mol. The van der Waals surface area contributed by atoms with Crippen molar-refractivity contribution in [3.8, 4) is 5.88 Å². The fraction of sp³-hybridized carbons (Fsp3) is 0.269. The van der Waals surface area contributed by atoms with Gasteiger partial charge >= 0.3 is 0 Å². The van der Waals surface area contributed by atoms with Crippen LogP contribution in [0.15, 0.2) is 77.9 Å². The summed E-state index contributed by atoms with van der Waals surface area (Å²) in [5, 5.41) is 6.75. The van der Waals surface area contributed by atoms with E-state index in [2.05, 4.69) is 55.3 Å². The standard InChI is InChI=1S/C26H30N6O/c1-20-31-23-13-6-7-14-24(23)32(20)17-9-16-29-26(27-2)30-18-22-12-8-15-28-25(22)33-19-21-10-4-3-5-11-21/h3-8,10-15H,9,16-19H2,1-2H3,(H2,27,29,30). The zero-order valence-electron chi connectivity index (χ0n) is 19.2. The molecule has 33 heavy (non-hydrogen) atoms. The molecule has 170 valence electrons. The lowest BCUT2D eigenvalue weighted by atomic mass is 10.2. The Bertz CT molecular complexity index is 1200. The minimum absolute atomic E-state index is 0.486. The molecule has 0 amide bonds. The van der Waals surface area contributed by atoms with Gasteiger partial charge in [-0.1, -0.05) is 48.5 Å². The zero-order chi connectivity index (χ0) is 22.9. The zero-order valence-corrected chi connectivity index (χ0v) is 19.2. The number of para-hydroxylation sites is 2. The van der Waals surface area contributed by atoms with E-state index in [1.165, 1.54) is 5.52 Å². The Morgan fingerprint density at radius 1 is 1.00 bits per heavy atom. The molecule has 0 radical (unpaired) electrons. The predicted molar refractivity (Wildman–Crippen MR) is 132 cm³/mol. The normalized spacial score (nSPS) is 11.5. The first-order valence-electron chi connectivity index (χ1n) is 11.2. The van der Waals surface area contributed by atoms with E-state index in [4.69, 9.17) is 4.74 Å². The summed E-state index contributed by atoms with van der Waals surface area (Å²) in [5.41, 5.74) is 4.32. The number of fused-ring (bicyclic) bond motifs is 1. The average molecular weight is 443 g/mol. The fourth-order valence-electron chi connectivity index (χ4n) is 3.74. The molecule has 2 heterocycles. The van der Waals surface area contributed by atoms with E-state index in [9.17, 15) is 0 Å². The summed E-state index contributed by atoms with van der Waals surface area (Å²) >= 11 is 0. The summed E-state index contributed by atoms with van der Waals surface area (Å²) in [6.45, 7) is 4.81. The SMILES string of the molecule is CN=C(NCCCn1c(C)nc2ccccc21)NCc1cccnc1OCc1ccccc1. The maximum absolute atomic E-state index is 5.96. The molecule has 0 fully saturated rings. The molecule has 4 aromatic rings. The molecule has 0 aliphatic carbocycles. The maximum Gasteiger partial charge on any atom is 0.218 e. The number of nitrogens with zero attached hydrogens (tertiary/aromatic N) is 4. The van der Waals surface area contributed by atoms with Gasteiger partial charge in [-0.15, -0.1) is 0 Å². The van der Waals surface area contributed by atoms with Crippen molar-refractivity contribution in [2.24, 2.45) is 4.99 Å². The number of aliphatic imine (C=N–C) groups is 1. The Balaban J connectivity index is 1.26. The van der Waals surface area contributed by atoms with Crippen LogP contribution in [0.2, 0.25) is 0 Å². The van der Waals surface area contributed by atoms with Crippen molar-refractivity contribution in [3.63, 3.8) is 0 Å². The van der Waals surface area contributed by atoms with Crippen LogP contribution >= 0.6 is 0 Å². The third kappa shape index (κ3) is 5.88. The lowest BCUT2D eigenvalue weighted by Crippen LogP contribution is -2.37. The molecular weight excluding hydrogens is 412 g/mol. The first-order valence-corrected chi connectivity index (χ1v) is 11.2. The van der Waals surface area contributed by atoms with Gasteiger partial charge in [0.25, 0.3) is 0 Å². The molecule has 0 aliphatic rings. The van der Waals surface area contributed by atoms with E-state index in [1.807, 2.05) is 48.5 Å². The van der Waals surface area contributed by atoms with Crippen molar-refractivity contribution in [2.75, 3.05) is 13.6 Å². The predicted octanol–water partition coefficient (Wildman–Crippen LogP) is 4.07. The molecule has 0 saturated heterocycles. The van der Waals surface area contributed by atoms with E-state index in [1.54, 1.807) is 13.2 Å². The Labute approximate surface area is 194 Å². The molecule has 2 aromatic carbocycles. The molecule has 2 aromatic heterocycles. The quantitative estimate of drug-likeness (QED) is 0.232. The highest BCUT2D eigenvalue weighted by atomic mass is 16.5. The Morgan fingerprint density at radius 3 is 2.67 bits per heavy atom. The van der Waals surface area contributed by atoms with Crippen LogP contribution in [0.5, 0.6) is 5.88 Å². The molecule has 0 unspecified atom stereocenters. The van der Waals surface area contributed by atoms with Gasteiger partial charge in [0.15, 0.2) is 5.96 Å². The van der Waals surface area contributed by atoms with Crippen LogP contribution in [0.25, 0.3) is 11.0 Å². The molecule has 0 bridgehead atoms. The lowest BCUT2D eigenvalue weighted by molar-refractivity contribution is 0.290. The number of hydrogen-bond acceptors (Lipinski definition) is 4. The first kappa shape index (κ1) is 22.3. The molecule has 0 saturated carbocycles. The van der Waals surface area contributed by atoms with E-state index >= 15 is 0 Å². The molecule has 2 N–H and O–H groups in total. The third-order valence-corrected chi connectivity index (χ3v) is 5.43. The van der Waals surface area contributed by atoms with Gasteiger partial charge in [0, 0.05) is 38.4 Å². The van der Waals surface area contributed by atoms with E-state index in [-0.39, 0.29) is 0 Å². The Kier molecular flexibility index (Phi) is 7.53. The maximum atomic E-state index is 5.96. The summed E-state index contributed by atoms with van der Waals surface area (Å²) < 4.78 is 8.22. The summed E-state index contributed by atoms with van der Waals surface area (Å²) in [4.78, 5) is 13.4. The molecule has 0 aliphatic heterocycles. The molecule has 4 rings (SSSR count). The Morgan fingerprint density at radius 2 is 1.82 bits per heavy atom. The molecule has 7 nitrogen and oxygen atoms in total. The number of hydrogen-bond donors (Lipinski definition) is 2. The van der Waals surface area contributed by atoms with Gasteiger partial charge in [0.2, 0.25) is 5.88 Å². The minimum Gasteiger partial charge on any atom is -0.473 e. The number of aryl methyl sites for hydroxylation is 2. The molecular formula is C26H30N6O.